The smallest absolute Gasteiger partial charge is 0.166 e. The molecule has 3 aromatic rings. The van der Waals surface area contributed by atoms with Crippen LogP contribution in [0.15, 0.2) is 42.5 Å². The molecule has 2 aromatic carbocycles. The summed E-state index contributed by atoms with van der Waals surface area (Å²) in [5, 5.41) is 17.0. The molecule has 7 rings (SSSR count). The lowest BCUT2D eigenvalue weighted by molar-refractivity contribution is -0.134. The number of nitrogens with one attached hydrogen (secondary N) is 1. The Morgan fingerprint density at radius 2 is 2.10 bits per heavy atom. The Balaban J connectivity index is 1.58. The number of ether oxygens (including phenoxy) is 2. The summed E-state index contributed by atoms with van der Waals surface area (Å²) in [5.41, 5.74) is 4.06. The Bertz CT molecular complexity index is 1210. The van der Waals surface area contributed by atoms with Crippen LogP contribution < -0.4 is 14.8 Å². The lowest BCUT2D eigenvalue weighted by Crippen LogP contribution is -2.73. The zero-order valence-electron chi connectivity index (χ0n) is 16.2. The molecule has 2 aliphatic heterocycles. The van der Waals surface area contributed by atoms with Gasteiger partial charge in [0.05, 0.1) is 29.3 Å². The molecule has 3 unspecified atom stereocenters. The highest BCUT2D eigenvalue weighted by molar-refractivity contribution is 5.80. The number of fused-ring (bicyclic) bond motifs is 3. The normalized spacial score (nSPS) is 33.0. The monoisotopic (exact) mass is 386 g/mol. The van der Waals surface area contributed by atoms with Crippen molar-refractivity contribution in [2.24, 2.45) is 0 Å². The van der Waals surface area contributed by atoms with Gasteiger partial charge in [-0.15, -0.1) is 0 Å². The predicted octanol–water partition coefficient (Wildman–Crippen LogP) is 2.82. The van der Waals surface area contributed by atoms with Crippen LogP contribution in [-0.4, -0.2) is 35.4 Å². The van der Waals surface area contributed by atoms with Crippen LogP contribution in [0.5, 0.6) is 11.5 Å². The molecule has 29 heavy (non-hydrogen) atoms. The minimum atomic E-state index is -0.905. The largest absolute Gasteiger partial charge is 0.493 e. The van der Waals surface area contributed by atoms with Crippen LogP contribution >= 0.6 is 0 Å². The first kappa shape index (κ1) is 16.2. The van der Waals surface area contributed by atoms with E-state index in [1.165, 1.54) is 5.56 Å². The number of nitrogens with zero attached hydrogens (tertiary/aromatic N) is 1. The van der Waals surface area contributed by atoms with E-state index in [2.05, 4.69) is 23.5 Å². The SMILES string of the molecule is COc1ccc2c3c1OC1c4nc5ccccc5cc4CC4(O)C(C2)NCC[C@]314. The first-order chi connectivity index (χ1) is 14.2. The Morgan fingerprint density at radius 1 is 1.21 bits per heavy atom. The average Bonchev–Trinajstić information content (AvgIpc) is 3.07. The molecule has 4 aliphatic rings. The van der Waals surface area contributed by atoms with Crippen molar-refractivity contribution in [1.82, 2.24) is 10.3 Å². The Labute approximate surface area is 168 Å². The third-order valence-corrected chi connectivity index (χ3v) is 7.78. The first-order valence-corrected chi connectivity index (χ1v) is 10.4. The quantitative estimate of drug-likeness (QED) is 0.673. The van der Waals surface area contributed by atoms with Crippen LogP contribution in [0.1, 0.15) is 34.9 Å². The van der Waals surface area contributed by atoms with Gasteiger partial charge in [-0.2, -0.15) is 0 Å². The maximum atomic E-state index is 12.3. The van der Waals surface area contributed by atoms with Gasteiger partial charge in [-0.1, -0.05) is 24.3 Å². The Morgan fingerprint density at radius 3 is 3.00 bits per heavy atom. The molecule has 2 bridgehead atoms. The summed E-state index contributed by atoms with van der Waals surface area (Å²) in [6, 6.07) is 14.5. The second-order valence-corrected chi connectivity index (χ2v) is 8.89. The summed E-state index contributed by atoms with van der Waals surface area (Å²) in [7, 11) is 1.68. The molecule has 0 radical (unpaired) electrons. The number of para-hydroxylation sites is 1. The van der Waals surface area contributed by atoms with E-state index in [1.807, 2.05) is 24.3 Å². The second-order valence-electron chi connectivity index (χ2n) is 8.89. The topological polar surface area (TPSA) is 63.6 Å². The number of aromatic nitrogens is 1. The fourth-order valence-corrected chi connectivity index (χ4v) is 6.59. The molecule has 5 heteroatoms. The zero-order chi connectivity index (χ0) is 19.4. The van der Waals surface area contributed by atoms with E-state index in [1.54, 1.807) is 7.11 Å². The van der Waals surface area contributed by atoms with Gasteiger partial charge in [-0.05, 0) is 48.7 Å². The fraction of sp³-hybridized carbons (Fsp3) is 0.375. The number of benzene rings is 2. The predicted molar refractivity (Wildman–Crippen MR) is 109 cm³/mol. The van der Waals surface area contributed by atoms with Gasteiger partial charge in [0.15, 0.2) is 17.6 Å². The van der Waals surface area contributed by atoms with Crippen LogP contribution in [0.25, 0.3) is 10.9 Å². The highest BCUT2D eigenvalue weighted by Crippen LogP contribution is 2.67. The molecular formula is C24H22N2O3. The van der Waals surface area contributed by atoms with Crippen molar-refractivity contribution < 1.29 is 14.6 Å². The number of pyridine rings is 1. The van der Waals surface area contributed by atoms with Crippen molar-refractivity contribution in [2.45, 2.75) is 42.4 Å². The summed E-state index contributed by atoms with van der Waals surface area (Å²) in [6.45, 7) is 0.867. The minimum Gasteiger partial charge on any atom is -0.493 e. The second kappa shape index (κ2) is 5.10. The number of hydrogen-bond donors (Lipinski definition) is 2. The maximum absolute atomic E-state index is 12.3. The molecule has 1 aromatic heterocycles. The number of methoxy groups -OCH3 is 1. The molecule has 0 saturated carbocycles. The minimum absolute atomic E-state index is 0.00816. The van der Waals surface area contributed by atoms with Crippen LogP contribution in [0.3, 0.4) is 0 Å². The van der Waals surface area contributed by atoms with E-state index in [4.69, 9.17) is 14.5 Å². The maximum Gasteiger partial charge on any atom is 0.166 e. The van der Waals surface area contributed by atoms with Gasteiger partial charge in [-0.25, -0.2) is 4.98 Å². The lowest BCUT2D eigenvalue weighted by Gasteiger charge is -2.60. The Kier molecular flexibility index (Phi) is 2.85. The summed E-state index contributed by atoms with van der Waals surface area (Å²) in [4.78, 5) is 5.06. The molecule has 3 heterocycles. The van der Waals surface area contributed by atoms with E-state index >= 15 is 0 Å². The summed E-state index contributed by atoms with van der Waals surface area (Å²) >= 11 is 0. The van der Waals surface area contributed by atoms with E-state index < -0.39 is 11.0 Å². The first-order valence-electron chi connectivity index (χ1n) is 10.4. The standard InChI is InChI=1S/C24H22N2O3/c1-28-17-7-6-14-11-18-24(27)12-15-10-13-4-2-3-5-16(13)26-20(15)22-23(24,8-9-25-18)19(14)21(17)29-22/h2-7,10,18,22,25,27H,8-9,11-12H2,1H3/t18?,22?,23-,24?/m0/s1. The van der Waals surface area contributed by atoms with E-state index in [-0.39, 0.29) is 12.1 Å². The highest BCUT2D eigenvalue weighted by Gasteiger charge is 2.71. The average molecular weight is 386 g/mol. The van der Waals surface area contributed by atoms with E-state index in [0.717, 1.165) is 58.6 Å². The van der Waals surface area contributed by atoms with Crippen LogP contribution in [-0.2, 0) is 18.3 Å². The summed E-state index contributed by atoms with van der Waals surface area (Å²) in [5.74, 6) is 1.55. The number of hydrogen-bond acceptors (Lipinski definition) is 5. The van der Waals surface area contributed by atoms with Gasteiger partial charge >= 0.3 is 0 Å². The summed E-state index contributed by atoms with van der Waals surface area (Å²) in [6.07, 6.45) is 1.92. The van der Waals surface area contributed by atoms with Gasteiger partial charge in [0.25, 0.3) is 0 Å². The lowest BCUT2D eigenvalue weighted by atomic mass is 9.49. The molecule has 2 aliphatic carbocycles. The number of aliphatic hydroxyl groups is 1. The van der Waals surface area contributed by atoms with Crippen molar-refractivity contribution in [1.29, 1.82) is 0 Å². The molecule has 146 valence electrons. The van der Waals surface area contributed by atoms with Crippen molar-refractivity contribution in [2.75, 3.05) is 13.7 Å². The molecule has 1 saturated heterocycles. The van der Waals surface area contributed by atoms with Gasteiger partial charge in [-0.3, -0.25) is 0 Å². The molecule has 1 spiro atoms. The molecular weight excluding hydrogens is 364 g/mol. The zero-order valence-corrected chi connectivity index (χ0v) is 16.2. The van der Waals surface area contributed by atoms with Crippen molar-refractivity contribution >= 4 is 10.9 Å². The van der Waals surface area contributed by atoms with Crippen molar-refractivity contribution in [3.63, 3.8) is 0 Å². The van der Waals surface area contributed by atoms with Gasteiger partial charge in [0, 0.05) is 23.4 Å². The van der Waals surface area contributed by atoms with E-state index in [9.17, 15) is 5.11 Å². The molecule has 1 fully saturated rings. The summed E-state index contributed by atoms with van der Waals surface area (Å²) < 4.78 is 12.3. The molecule has 2 N–H and O–H groups in total. The Hall–Kier alpha value is -2.63. The third-order valence-electron chi connectivity index (χ3n) is 7.78. The highest BCUT2D eigenvalue weighted by atomic mass is 16.5. The van der Waals surface area contributed by atoms with Gasteiger partial charge < -0.3 is 19.9 Å². The number of rotatable bonds is 1. The van der Waals surface area contributed by atoms with Crippen molar-refractivity contribution in [3.8, 4) is 11.5 Å². The molecule has 4 atom stereocenters. The number of piperidine rings is 1. The van der Waals surface area contributed by atoms with Gasteiger partial charge in [0.2, 0.25) is 0 Å². The molecule has 5 nitrogen and oxygen atoms in total. The third kappa shape index (κ3) is 1.70. The van der Waals surface area contributed by atoms with Crippen LogP contribution in [0, 0.1) is 0 Å². The van der Waals surface area contributed by atoms with Crippen LogP contribution in [0.2, 0.25) is 0 Å². The van der Waals surface area contributed by atoms with E-state index in [0.29, 0.717) is 6.42 Å². The fourth-order valence-electron chi connectivity index (χ4n) is 6.59. The van der Waals surface area contributed by atoms with Gasteiger partial charge in [0.1, 0.15) is 0 Å². The molecule has 0 amide bonds. The van der Waals surface area contributed by atoms with Crippen molar-refractivity contribution in [3.05, 3.63) is 64.8 Å². The van der Waals surface area contributed by atoms with Crippen LogP contribution in [0.4, 0.5) is 0 Å².